The van der Waals surface area contributed by atoms with E-state index in [0.29, 0.717) is 5.82 Å². The van der Waals surface area contributed by atoms with E-state index in [1.54, 1.807) is 21.3 Å². The Kier molecular flexibility index (Phi) is 8.13. The number of H-pyrrole nitrogens is 1. The molecule has 2 unspecified atom stereocenters. The Morgan fingerprint density at radius 1 is 1.15 bits per heavy atom. The molecule has 1 amide bonds. The lowest BCUT2D eigenvalue weighted by Gasteiger charge is -2.38. The minimum atomic E-state index is -1.11. The first-order valence-electron chi connectivity index (χ1n) is 12.0. The highest BCUT2D eigenvalue weighted by atomic mass is 16.5. The minimum absolute atomic E-state index is 0.00468. The van der Waals surface area contributed by atoms with Gasteiger partial charge in [0.15, 0.2) is 11.5 Å². The van der Waals surface area contributed by atoms with E-state index < -0.39 is 46.2 Å². The van der Waals surface area contributed by atoms with E-state index in [1.165, 1.54) is 35.1 Å². The Balaban J connectivity index is 0.000000367. The first-order chi connectivity index (χ1) is 19.5. The fourth-order valence-electron chi connectivity index (χ4n) is 4.04. The number of hydrogen-bond donors (Lipinski definition) is 8. The van der Waals surface area contributed by atoms with Crippen molar-refractivity contribution < 1.29 is 34.7 Å². The van der Waals surface area contributed by atoms with Crippen LogP contribution in [0.1, 0.15) is 16.8 Å². The summed E-state index contributed by atoms with van der Waals surface area (Å²) in [6, 6.07) is 4.36. The molecule has 0 saturated heterocycles. The second kappa shape index (κ2) is 11.5. The lowest BCUT2D eigenvalue weighted by molar-refractivity contribution is -0.168. The summed E-state index contributed by atoms with van der Waals surface area (Å²) < 4.78 is 12.0. The zero-order chi connectivity index (χ0) is 30.0. The van der Waals surface area contributed by atoms with E-state index in [2.05, 4.69) is 25.7 Å². The number of nitrogens with one attached hydrogen (secondary N) is 3. The number of nitrogens with two attached hydrogens (primary N) is 1. The number of carbonyl (C=O) groups is 1. The zero-order valence-electron chi connectivity index (χ0n) is 22.0. The van der Waals surface area contributed by atoms with Crippen molar-refractivity contribution in [1.82, 2.24) is 24.1 Å². The van der Waals surface area contributed by atoms with Gasteiger partial charge in [-0.25, -0.2) is 4.98 Å². The molecule has 0 aliphatic heterocycles. The second-order valence-electron chi connectivity index (χ2n) is 8.78. The molecule has 9 N–H and O–H groups in total. The van der Waals surface area contributed by atoms with Gasteiger partial charge in [-0.05, 0) is 12.1 Å². The first-order valence-corrected chi connectivity index (χ1v) is 12.0. The summed E-state index contributed by atoms with van der Waals surface area (Å²) in [4.78, 5) is 42.8. The second-order valence-corrected chi connectivity index (χ2v) is 8.78. The molecule has 17 nitrogen and oxygen atoms in total. The number of rotatable bonds is 7. The maximum absolute atomic E-state index is 13.0. The third kappa shape index (κ3) is 5.36. The summed E-state index contributed by atoms with van der Waals surface area (Å²) in [5.41, 5.74) is 3.70. The van der Waals surface area contributed by atoms with E-state index in [1.807, 2.05) is 0 Å². The van der Waals surface area contributed by atoms with Gasteiger partial charge in [0.05, 0.1) is 18.4 Å². The maximum Gasteiger partial charge on any atom is 0.295 e. The highest BCUT2D eigenvalue weighted by Crippen LogP contribution is 2.34. The molecule has 5 rings (SSSR count). The summed E-state index contributed by atoms with van der Waals surface area (Å²) in [5.74, 6) is -3.65. The molecule has 0 bridgehead atoms. The highest BCUT2D eigenvalue weighted by molar-refractivity contribution is 5.99. The smallest absolute Gasteiger partial charge is 0.295 e. The van der Waals surface area contributed by atoms with Crippen LogP contribution in [0.25, 0.3) is 11.5 Å². The van der Waals surface area contributed by atoms with Crippen molar-refractivity contribution in [3.8, 4) is 23.1 Å². The molecule has 0 radical (unpaired) electrons. The molecule has 1 fully saturated rings. The predicted molar refractivity (Wildman–Crippen MR) is 144 cm³/mol. The number of methoxy groups -OCH3 is 2. The SMILES string of the molecule is CNc1cc(Nc2cccn(-c3[nH]c(=O)c(O)c(O)c3O)c2=O)nc2c(C(N)=O)cnn12.COC1CC(OC)C1O. The van der Waals surface area contributed by atoms with Crippen molar-refractivity contribution in [3.05, 3.63) is 56.9 Å². The van der Waals surface area contributed by atoms with Gasteiger partial charge >= 0.3 is 0 Å². The molecule has 218 valence electrons. The van der Waals surface area contributed by atoms with Crippen LogP contribution >= 0.6 is 0 Å². The number of nitrogens with zero attached hydrogens (tertiary/aromatic N) is 4. The van der Waals surface area contributed by atoms with E-state index in [0.717, 1.165) is 11.0 Å². The van der Waals surface area contributed by atoms with Crippen LogP contribution in [0.3, 0.4) is 0 Å². The predicted octanol–water partition coefficient (Wildman–Crippen LogP) is -0.649. The van der Waals surface area contributed by atoms with E-state index in [9.17, 15) is 29.7 Å². The number of aromatic nitrogens is 5. The number of aromatic hydroxyl groups is 3. The summed E-state index contributed by atoms with van der Waals surface area (Å²) in [6.45, 7) is 0. The monoisotopic (exact) mass is 572 g/mol. The van der Waals surface area contributed by atoms with Gasteiger partial charge in [0, 0.05) is 40.0 Å². The average Bonchev–Trinajstić information content (AvgIpc) is 3.39. The van der Waals surface area contributed by atoms with Gasteiger partial charge in [-0.2, -0.15) is 9.61 Å². The lowest BCUT2D eigenvalue weighted by atomic mass is 9.88. The van der Waals surface area contributed by atoms with Crippen molar-refractivity contribution in [1.29, 1.82) is 0 Å². The fourth-order valence-corrected chi connectivity index (χ4v) is 4.04. The number of aliphatic hydroxyl groups is 1. The highest BCUT2D eigenvalue weighted by Gasteiger charge is 2.40. The fraction of sp³-hybridized carbons (Fsp3) is 0.292. The minimum Gasteiger partial charge on any atom is -0.502 e. The van der Waals surface area contributed by atoms with Gasteiger partial charge in [0.2, 0.25) is 17.2 Å². The molecule has 2 atom stereocenters. The number of hydrogen-bond acceptors (Lipinski definition) is 13. The molecule has 0 spiro atoms. The Labute approximate surface area is 230 Å². The molecule has 17 heteroatoms. The summed E-state index contributed by atoms with van der Waals surface area (Å²) in [7, 11) is 4.82. The number of carbonyl (C=O) groups excluding carboxylic acids is 1. The zero-order valence-corrected chi connectivity index (χ0v) is 22.0. The van der Waals surface area contributed by atoms with Gasteiger partial charge in [-0.15, -0.1) is 0 Å². The molecule has 1 saturated carbocycles. The Morgan fingerprint density at radius 3 is 2.41 bits per heavy atom. The first kappa shape index (κ1) is 28.9. The van der Waals surface area contributed by atoms with Gasteiger partial charge in [0.25, 0.3) is 17.0 Å². The number of fused-ring (bicyclic) bond motifs is 1. The van der Waals surface area contributed by atoms with Gasteiger partial charge in [-0.3, -0.25) is 19.0 Å². The normalized spacial score (nSPS) is 17.8. The van der Waals surface area contributed by atoms with Crippen LogP contribution in [-0.4, -0.2) is 90.1 Å². The molecular formula is C24H28N8O9. The largest absolute Gasteiger partial charge is 0.502 e. The van der Waals surface area contributed by atoms with Crippen LogP contribution in [-0.2, 0) is 9.47 Å². The number of ether oxygens (including phenoxy) is 2. The Bertz CT molecular complexity index is 1700. The van der Waals surface area contributed by atoms with E-state index in [4.69, 9.17) is 20.3 Å². The third-order valence-corrected chi connectivity index (χ3v) is 6.40. The molecule has 4 aromatic rings. The number of aromatic amines is 1. The number of anilines is 3. The lowest BCUT2D eigenvalue weighted by Crippen LogP contribution is -2.52. The number of pyridine rings is 2. The molecule has 1 aliphatic rings. The topological polar surface area (TPSA) is 252 Å². The molecule has 0 aromatic carbocycles. The average molecular weight is 573 g/mol. The van der Waals surface area contributed by atoms with Crippen molar-refractivity contribution in [3.63, 3.8) is 0 Å². The van der Waals surface area contributed by atoms with Crippen molar-refractivity contribution in [2.75, 3.05) is 31.9 Å². The van der Waals surface area contributed by atoms with Crippen molar-refractivity contribution in [2.45, 2.75) is 24.7 Å². The summed E-state index contributed by atoms with van der Waals surface area (Å²) in [5, 5.41) is 48.1. The quantitative estimate of drug-likeness (QED) is 0.137. The van der Waals surface area contributed by atoms with Crippen LogP contribution in [0.2, 0.25) is 0 Å². The maximum atomic E-state index is 13.0. The molecule has 1 aliphatic carbocycles. The number of amides is 1. The third-order valence-electron chi connectivity index (χ3n) is 6.40. The summed E-state index contributed by atoms with van der Waals surface area (Å²) in [6.07, 6.45) is 2.88. The Morgan fingerprint density at radius 2 is 1.83 bits per heavy atom. The Hall–Kier alpha value is -5.13. The molecule has 4 heterocycles. The summed E-state index contributed by atoms with van der Waals surface area (Å²) >= 11 is 0. The van der Waals surface area contributed by atoms with Crippen LogP contribution in [0, 0.1) is 0 Å². The van der Waals surface area contributed by atoms with Crippen LogP contribution in [0.4, 0.5) is 17.3 Å². The van der Waals surface area contributed by atoms with Crippen LogP contribution < -0.4 is 27.5 Å². The van der Waals surface area contributed by atoms with Crippen LogP contribution in [0.15, 0.2) is 40.2 Å². The van der Waals surface area contributed by atoms with Gasteiger partial charge < -0.3 is 51.3 Å². The number of aliphatic hydroxyl groups excluding tert-OH is 1. The number of primary amides is 1. The van der Waals surface area contributed by atoms with E-state index in [-0.39, 0.29) is 34.9 Å². The van der Waals surface area contributed by atoms with E-state index >= 15 is 0 Å². The van der Waals surface area contributed by atoms with Crippen molar-refractivity contribution in [2.24, 2.45) is 5.73 Å². The van der Waals surface area contributed by atoms with Crippen LogP contribution in [0.5, 0.6) is 17.2 Å². The molecule has 4 aromatic heterocycles. The molecular weight excluding hydrogens is 544 g/mol. The van der Waals surface area contributed by atoms with Gasteiger partial charge in [0.1, 0.15) is 29.0 Å². The van der Waals surface area contributed by atoms with Crippen molar-refractivity contribution >= 4 is 28.9 Å². The molecule has 41 heavy (non-hydrogen) atoms. The standard InChI is InChI=1S/C18H16N8O6.C6H12O3/c1-20-10-5-9(23-15-7(14(19)30)6-21-26(10)15)22-8-3-2-4-25(18(8)32)16-12(28)11(27)13(29)17(31)24-16;1-8-4-3-5(9-2)6(4)7/h2-6,20,28-29H,1H3,(H2,19,30)(H,22,23)(H2,24,27,31);4-7H,3H2,1-2H3. The van der Waals surface area contributed by atoms with Gasteiger partial charge in [-0.1, -0.05) is 0 Å².